The number of ether oxygens (including phenoxy) is 4. The molecule has 20 heteroatoms. The highest BCUT2D eigenvalue weighted by molar-refractivity contribution is 6.04. The molecular weight excluding hydrogens is 848 g/mol. The van der Waals surface area contributed by atoms with Gasteiger partial charge in [0.1, 0.15) is 40.6 Å². The topological polar surface area (TPSA) is 351 Å². The zero-order valence-electron chi connectivity index (χ0n) is 32.4. The predicted molar refractivity (Wildman–Crippen MR) is 212 cm³/mol. The molecule has 0 bridgehead atoms. The van der Waals surface area contributed by atoms with Crippen molar-refractivity contribution >= 4 is 17.7 Å². The van der Waals surface area contributed by atoms with Crippen molar-refractivity contribution in [2.45, 2.75) is 43.2 Å². The summed E-state index contributed by atoms with van der Waals surface area (Å²) in [6, 6.07) is 11.1. The largest absolute Gasteiger partial charge is 0.508 e. The van der Waals surface area contributed by atoms with Crippen LogP contribution in [0.3, 0.4) is 0 Å². The molecule has 0 amide bonds. The molecule has 0 fully saturated rings. The van der Waals surface area contributed by atoms with Crippen molar-refractivity contribution in [3.8, 4) is 74.7 Å². The fourth-order valence-electron chi connectivity index (χ4n) is 7.84. The Hall–Kier alpha value is -8.81. The highest BCUT2D eigenvalue weighted by Gasteiger charge is 2.50. The van der Waals surface area contributed by atoms with Crippen molar-refractivity contribution in [1.82, 2.24) is 0 Å². The number of carbonyl (C=O) groups excluding carboxylic acids is 3. The molecule has 0 saturated heterocycles. The smallest absolute Gasteiger partial charge is 0.338 e. The lowest BCUT2D eigenvalue weighted by Crippen LogP contribution is -2.40. The van der Waals surface area contributed by atoms with Gasteiger partial charge in [-0.25, -0.2) is 9.59 Å². The number of ketones is 1. The molecule has 5 aromatic rings. The lowest BCUT2D eigenvalue weighted by atomic mass is 9.77. The van der Waals surface area contributed by atoms with E-state index in [1.165, 1.54) is 12.1 Å². The standard InChI is InChI=1S/C44H34O20/c45-19-11-26(51)34-32(12-19)61-40(16-2-4-22(47)25(50)6-16)42(64-44(60)18-9-30(55)38(58)31(56)10-18)36(34)35-27(52)14-23(48)20-13-33(62-43(59)17-7-28(53)37(57)29(54)8-17)39(63-41(20)35)15-1-3-21(46)24(49)5-15/h1-9,11-12,14,33,36,39-40,42,45-55,57-58H,10,13H2/t33-,36-,39-,40-,42-/m1/s1. The average molecular weight is 883 g/mol. The second-order valence-corrected chi connectivity index (χ2v) is 14.9. The van der Waals surface area contributed by atoms with Crippen molar-refractivity contribution in [3.05, 3.63) is 123 Å². The number of fused-ring (bicyclic) bond motifs is 2. The number of aromatic hydroxyl groups is 11. The van der Waals surface area contributed by atoms with Crippen molar-refractivity contribution in [2.24, 2.45) is 0 Å². The zero-order valence-corrected chi connectivity index (χ0v) is 32.4. The van der Waals surface area contributed by atoms with Crippen LogP contribution in [-0.2, 0) is 25.5 Å². The summed E-state index contributed by atoms with van der Waals surface area (Å²) in [5.74, 6) is -15.8. The minimum Gasteiger partial charge on any atom is -0.508 e. The predicted octanol–water partition coefficient (Wildman–Crippen LogP) is 4.75. The quantitative estimate of drug-likeness (QED) is 0.0774. The van der Waals surface area contributed by atoms with Gasteiger partial charge in [-0.3, -0.25) is 4.79 Å². The second kappa shape index (κ2) is 15.6. The molecule has 20 nitrogen and oxygen atoms in total. The van der Waals surface area contributed by atoms with Crippen molar-refractivity contribution < 1.29 is 99.7 Å². The summed E-state index contributed by atoms with van der Waals surface area (Å²) < 4.78 is 24.6. The summed E-state index contributed by atoms with van der Waals surface area (Å²) in [6.07, 6.45) is -6.98. The number of rotatable bonds is 7. The highest BCUT2D eigenvalue weighted by Crippen LogP contribution is 2.58. The van der Waals surface area contributed by atoms with Gasteiger partial charge < -0.3 is 85.3 Å². The number of phenols is 11. The average Bonchev–Trinajstić information content (AvgIpc) is 3.23. The van der Waals surface area contributed by atoms with Crippen molar-refractivity contribution in [3.63, 3.8) is 0 Å². The molecule has 5 aromatic carbocycles. The van der Waals surface area contributed by atoms with E-state index in [0.717, 1.165) is 60.7 Å². The van der Waals surface area contributed by atoms with Gasteiger partial charge in [0, 0.05) is 64.4 Å². The van der Waals surface area contributed by atoms with E-state index in [1.807, 2.05) is 0 Å². The van der Waals surface area contributed by atoms with Crippen LogP contribution in [0.5, 0.6) is 74.7 Å². The Balaban J connectivity index is 1.34. The summed E-state index contributed by atoms with van der Waals surface area (Å²) in [5, 5.41) is 137. The van der Waals surface area contributed by atoms with Gasteiger partial charge in [-0.1, -0.05) is 12.1 Å². The third-order valence-electron chi connectivity index (χ3n) is 10.9. The maximum atomic E-state index is 14.1. The maximum absolute atomic E-state index is 14.1. The number of phenolic OH excluding ortho intramolecular Hbond substituents is 11. The first-order valence-corrected chi connectivity index (χ1v) is 18.8. The SMILES string of the molecule is O=C1CC(C(=O)O[C@@H]2[C@@H](c3c(O)cc(O)c4c3O[C@H](c3ccc(O)c(O)c3)[C@H](OC(=O)c3cc(O)c(O)c(O)c3)C4)c3c(O)cc(O)cc3O[C@@H]2c2ccc(O)c(O)c2)=CC(O)=C1O. The third kappa shape index (κ3) is 7.27. The molecule has 5 atom stereocenters. The van der Waals surface area contributed by atoms with Crippen LogP contribution < -0.4 is 9.47 Å². The Morgan fingerprint density at radius 1 is 0.578 bits per heavy atom. The molecule has 330 valence electrons. The van der Waals surface area contributed by atoms with Gasteiger partial charge in [-0.2, -0.15) is 0 Å². The number of hydrogen-bond acceptors (Lipinski definition) is 20. The molecule has 1 aliphatic carbocycles. The monoisotopic (exact) mass is 882 g/mol. The number of benzene rings is 5. The summed E-state index contributed by atoms with van der Waals surface area (Å²) in [7, 11) is 0. The fraction of sp³-hybridized carbons (Fsp3) is 0.159. The van der Waals surface area contributed by atoms with Crippen molar-refractivity contribution in [1.29, 1.82) is 0 Å². The van der Waals surface area contributed by atoms with Crippen LogP contribution in [-0.4, -0.2) is 96.3 Å². The van der Waals surface area contributed by atoms with Crippen molar-refractivity contribution in [2.75, 3.05) is 0 Å². The molecule has 2 heterocycles. The lowest BCUT2D eigenvalue weighted by molar-refractivity contribution is -0.152. The van der Waals surface area contributed by atoms with Gasteiger partial charge in [-0.05, 0) is 42.5 Å². The lowest BCUT2D eigenvalue weighted by Gasteiger charge is -2.42. The first-order valence-electron chi connectivity index (χ1n) is 18.8. The van der Waals surface area contributed by atoms with Crippen LogP contribution >= 0.6 is 0 Å². The van der Waals surface area contributed by atoms with Crippen LogP contribution in [0.25, 0.3) is 0 Å². The first kappa shape index (κ1) is 41.9. The van der Waals surface area contributed by atoms with Crippen LogP contribution in [0, 0.1) is 0 Å². The van der Waals surface area contributed by atoms with E-state index in [9.17, 15) is 80.8 Å². The molecule has 3 aliphatic rings. The minimum absolute atomic E-state index is 0.00882. The Bertz CT molecular complexity index is 2860. The number of Topliss-reactive ketones (excluding diaryl/α,β-unsaturated/α-hetero) is 1. The number of aliphatic hydroxyl groups is 2. The molecular formula is C44H34O20. The number of aliphatic hydroxyl groups excluding tert-OH is 2. The van der Waals surface area contributed by atoms with Gasteiger partial charge >= 0.3 is 11.9 Å². The molecule has 0 aromatic heterocycles. The Labute approximate surface area is 358 Å². The van der Waals surface area contributed by atoms with E-state index in [2.05, 4.69) is 0 Å². The fourth-order valence-corrected chi connectivity index (χ4v) is 7.84. The van der Waals surface area contributed by atoms with E-state index >= 15 is 0 Å². The maximum Gasteiger partial charge on any atom is 0.338 e. The zero-order chi connectivity index (χ0) is 46.0. The molecule has 13 N–H and O–H groups in total. The Morgan fingerprint density at radius 3 is 1.80 bits per heavy atom. The van der Waals surface area contributed by atoms with E-state index in [4.69, 9.17) is 18.9 Å². The number of hydrogen-bond donors (Lipinski definition) is 13. The van der Waals surface area contributed by atoms with Crippen LogP contribution in [0.1, 0.15) is 62.7 Å². The molecule has 0 radical (unpaired) electrons. The normalized spacial score (nSPS) is 20.2. The molecule has 0 saturated carbocycles. The van der Waals surface area contributed by atoms with E-state index in [-0.39, 0.29) is 33.6 Å². The Morgan fingerprint density at radius 2 is 1.19 bits per heavy atom. The van der Waals surface area contributed by atoms with Crippen LogP contribution in [0.2, 0.25) is 0 Å². The summed E-state index contributed by atoms with van der Waals surface area (Å²) in [6.45, 7) is 0. The van der Waals surface area contributed by atoms with Gasteiger partial charge in [0.15, 0.2) is 64.3 Å². The van der Waals surface area contributed by atoms with Gasteiger partial charge in [0.05, 0.1) is 11.5 Å². The molecule has 8 rings (SSSR count). The summed E-state index contributed by atoms with van der Waals surface area (Å²) in [4.78, 5) is 40.1. The van der Waals surface area contributed by atoms with Crippen LogP contribution in [0.15, 0.2) is 89.9 Å². The molecule has 2 aliphatic heterocycles. The van der Waals surface area contributed by atoms with Gasteiger partial charge in [0.2, 0.25) is 11.5 Å². The van der Waals surface area contributed by atoms with E-state index in [0.29, 0.717) is 0 Å². The summed E-state index contributed by atoms with van der Waals surface area (Å²) in [5.41, 5.74) is -1.79. The number of carbonyl (C=O) groups is 3. The first-order chi connectivity index (χ1) is 30.3. The second-order valence-electron chi connectivity index (χ2n) is 14.9. The molecule has 64 heavy (non-hydrogen) atoms. The highest BCUT2D eigenvalue weighted by atomic mass is 16.6. The Kier molecular flexibility index (Phi) is 10.2. The number of esters is 2. The van der Waals surface area contributed by atoms with Crippen LogP contribution in [0.4, 0.5) is 0 Å². The summed E-state index contributed by atoms with van der Waals surface area (Å²) >= 11 is 0. The minimum atomic E-state index is -1.85. The van der Waals surface area contributed by atoms with E-state index < -0.39 is 153 Å². The third-order valence-corrected chi connectivity index (χ3v) is 10.9. The molecule has 0 unspecified atom stereocenters. The van der Waals surface area contributed by atoms with Gasteiger partial charge in [0.25, 0.3) is 0 Å². The molecule has 0 spiro atoms. The van der Waals surface area contributed by atoms with E-state index in [1.54, 1.807) is 0 Å². The number of allylic oxidation sites excluding steroid dienone is 2. The van der Waals surface area contributed by atoms with Gasteiger partial charge in [-0.15, -0.1) is 0 Å².